The number of pyridine rings is 1. The number of alkyl halides is 3. The Bertz CT molecular complexity index is 1840. The zero-order valence-electron chi connectivity index (χ0n) is 20.6. The molecule has 39 heavy (non-hydrogen) atoms. The Hall–Kier alpha value is -4.60. The molecule has 0 unspecified atom stereocenters. The third-order valence-corrected chi connectivity index (χ3v) is 6.99. The van der Waals surface area contributed by atoms with E-state index in [1.807, 2.05) is 0 Å². The molecule has 0 saturated heterocycles. The van der Waals surface area contributed by atoms with Crippen LogP contribution in [0.15, 0.2) is 45.3 Å². The van der Waals surface area contributed by atoms with Gasteiger partial charge in [0.2, 0.25) is 11.6 Å². The van der Waals surface area contributed by atoms with Crippen LogP contribution >= 0.6 is 11.3 Å². The maximum Gasteiger partial charge on any atom is 0.418 e. The molecule has 12 nitrogen and oxygen atoms in total. The fraction of sp³-hybridized carbons (Fsp3) is 0.261. The van der Waals surface area contributed by atoms with Crippen LogP contribution in [-0.2, 0) is 31.1 Å². The molecular formula is C23H19F3N8O4S. The Balaban J connectivity index is 1.38. The van der Waals surface area contributed by atoms with Gasteiger partial charge in [0.05, 0.1) is 18.0 Å². The summed E-state index contributed by atoms with van der Waals surface area (Å²) in [5.41, 5.74) is -1.57. The number of rotatable bonds is 6. The van der Waals surface area contributed by atoms with Crippen LogP contribution in [0, 0.1) is 12.1 Å². The number of nitrogens with zero attached hydrogens (tertiary/aromatic N) is 7. The first-order valence-electron chi connectivity index (χ1n) is 11.3. The van der Waals surface area contributed by atoms with E-state index in [0.717, 1.165) is 26.5 Å². The predicted molar refractivity (Wildman–Crippen MR) is 135 cm³/mol. The largest absolute Gasteiger partial charge is 0.618 e. The van der Waals surface area contributed by atoms with Crippen molar-refractivity contribution >= 4 is 39.9 Å². The number of hydrogen-bond acceptors (Lipinski definition) is 8. The van der Waals surface area contributed by atoms with Gasteiger partial charge in [-0.05, 0) is 13.0 Å². The average molecular weight is 561 g/mol. The number of halogens is 3. The maximum atomic E-state index is 13.2. The van der Waals surface area contributed by atoms with Gasteiger partial charge in [0.1, 0.15) is 23.9 Å². The topological polar surface area (TPSA) is 143 Å². The number of anilines is 1. The minimum Gasteiger partial charge on any atom is -0.618 e. The van der Waals surface area contributed by atoms with E-state index in [1.54, 1.807) is 13.0 Å². The number of amides is 1. The first kappa shape index (κ1) is 26.0. The van der Waals surface area contributed by atoms with Gasteiger partial charge in [-0.2, -0.15) is 17.9 Å². The second-order valence-corrected chi connectivity index (χ2v) is 9.65. The summed E-state index contributed by atoms with van der Waals surface area (Å²) in [6, 6.07) is 0.949. The van der Waals surface area contributed by atoms with E-state index in [0.29, 0.717) is 10.4 Å². The van der Waals surface area contributed by atoms with Crippen molar-refractivity contribution in [2.45, 2.75) is 33.1 Å². The summed E-state index contributed by atoms with van der Waals surface area (Å²) in [6.07, 6.45) is -0.504. The van der Waals surface area contributed by atoms with Gasteiger partial charge in [0, 0.05) is 36.8 Å². The van der Waals surface area contributed by atoms with Crippen molar-refractivity contribution in [3.63, 3.8) is 0 Å². The molecule has 0 aromatic carbocycles. The number of hydroxylamine groups is 1. The van der Waals surface area contributed by atoms with Crippen LogP contribution in [0.25, 0.3) is 21.7 Å². The average Bonchev–Trinajstić information content (AvgIpc) is 3.51. The van der Waals surface area contributed by atoms with Gasteiger partial charge >= 0.3 is 11.9 Å². The Morgan fingerprint density at radius 2 is 1.97 bits per heavy atom. The zero-order chi connectivity index (χ0) is 28.2. The smallest absolute Gasteiger partial charge is 0.418 e. The highest BCUT2D eigenvalue weighted by molar-refractivity contribution is 7.13. The molecule has 4 aromatic heterocycles. The molecule has 16 heteroatoms. The number of hydrogen-bond donors (Lipinski definition) is 1. The second kappa shape index (κ2) is 9.30. The molecule has 0 fully saturated rings. The lowest BCUT2D eigenvalue weighted by molar-refractivity contribution is -0.414. The normalized spacial score (nSPS) is 13.5. The van der Waals surface area contributed by atoms with E-state index in [9.17, 15) is 32.8 Å². The molecular weight excluding hydrogens is 541 g/mol. The fourth-order valence-corrected chi connectivity index (χ4v) is 4.84. The Labute approximate surface area is 220 Å². The summed E-state index contributed by atoms with van der Waals surface area (Å²) in [5.74, 6) is -0.496. The number of imidazole rings is 1. The minimum absolute atomic E-state index is 0.0188. The number of carbonyl (C=O) groups excluding carboxylic acids is 1. The van der Waals surface area contributed by atoms with Gasteiger partial charge in [-0.25, -0.2) is 19.3 Å². The van der Waals surface area contributed by atoms with E-state index in [4.69, 9.17) is 0 Å². The second-order valence-electron chi connectivity index (χ2n) is 8.79. The Morgan fingerprint density at radius 3 is 2.64 bits per heavy atom. The third kappa shape index (κ3) is 4.62. The highest BCUT2D eigenvalue weighted by Crippen LogP contribution is 2.34. The van der Waals surface area contributed by atoms with E-state index in [1.165, 1.54) is 36.4 Å². The molecule has 1 amide bonds. The molecule has 0 bridgehead atoms. The van der Waals surface area contributed by atoms with E-state index >= 15 is 0 Å². The molecule has 4 aromatic rings. The quantitative estimate of drug-likeness (QED) is 0.282. The van der Waals surface area contributed by atoms with Gasteiger partial charge in [0.25, 0.3) is 5.56 Å². The van der Waals surface area contributed by atoms with Crippen LogP contribution in [0.4, 0.5) is 19.0 Å². The number of carbonyl (C=O) groups is 1. The van der Waals surface area contributed by atoms with E-state index in [-0.39, 0.29) is 52.0 Å². The minimum atomic E-state index is -4.57. The molecule has 5 rings (SSSR count). The predicted octanol–water partition coefficient (Wildman–Crippen LogP) is 2.25. The molecule has 202 valence electrons. The van der Waals surface area contributed by atoms with Gasteiger partial charge in [0.15, 0.2) is 16.9 Å². The number of nitrogens with one attached hydrogen (secondary N) is 1. The highest BCUT2D eigenvalue weighted by atomic mass is 32.1. The summed E-state index contributed by atoms with van der Waals surface area (Å²) in [4.78, 5) is 50.7. The van der Waals surface area contributed by atoms with Crippen LogP contribution < -0.4 is 16.6 Å². The molecule has 5 heterocycles. The molecule has 1 N–H and O–H groups in total. The summed E-state index contributed by atoms with van der Waals surface area (Å²) in [6.45, 7) is 2.24. The molecule has 0 saturated carbocycles. The Kier molecular flexibility index (Phi) is 6.21. The first-order chi connectivity index (χ1) is 18.3. The van der Waals surface area contributed by atoms with Crippen LogP contribution in [0.5, 0.6) is 0 Å². The molecule has 0 radical (unpaired) electrons. The Morgan fingerprint density at radius 1 is 1.23 bits per heavy atom. The van der Waals surface area contributed by atoms with Crippen molar-refractivity contribution in [1.82, 2.24) is 28.7 Å². The summed E-state index contributed by atoms with van der Waals surface area (Å²) in [5, 5.41) is 16.1. The van der Waals surface area contributed by atoms with Crippen LogP contribution in [0.2, 0.25) is 0 Å². The van der Waals surface area contributed by atoms with Gasteiger partial charge < -0.3 is 15.1 Å². The SMILES string of the molecule is CC1=CC(Cn2c(=O)c3c(ncn3CC(=O)Nc3csc(-c4cnc(C)c(C(F)(F)F)c4)n3)n(C)c2=O)=[N+]1[O-]. The van der Waals surface area contributed by atoms with Crippen molar-refractivity contribution in [1.29, 1.82) is 0 Å². The van der Waals surface area contributed by atoms with Gasteiger partial charge in [-0.15, -0.1) is 11.3 Å². The number of thiazole rings is 1. The van der Waals surface area contributed by atoms with Crippen molar-refractivity contribution < 1.29 is 22.7 Å². The van der Waals surface area contributed by atoms with Crippen molar-refractivity contribution in [3.05, 3.63) is 73.0 Å². The van der Waals surface area contributed by atoms with Crippen LogP contribution in [0.3, 0.4) is 0 Å². The lowest BCUT2D eigenvalue weighted by atomic mass is 10.1. The maximum absolute atomic E-state index is 13.2. The lowest BCUT2D eigenvalue weighted by Gasteiger charge is -2.16. The van der Waals surface area contributed by atoms with Crippen LogP contribution in [0.1, 0.15) is 18.2 Å². The standard InChI is InChI=1S/C23H19F3N8O4S/c1-11-4-14(34(11)38)7-33-21(36)18-19(31(3)22(33)37)28-10-32(18)8-17(35)29-16-9-39-20(30-16)13-5-15(23(24,25)26)12(2)27-6-13/h4-6,9-10H,7-8H2,1-3H3,(H,29,35). The van der Waals surface area contributed by atoms with E-state index in [2.05, 4.69) is 20.3 Å². The van der Waals surface area contributed by atoms with Gasteiger partial charge in [-0.1, -0.05) is 0 Å². The van der Waals surface area contributed by atoms with Crippen molar-refractivity contribution in [3.8, 4) is 10.6 Å². The summed E-state index contributed by atoms with van der Waals surface area (Å²) >= 11 is 1.02. The van der Waals surface area contributed by atoms with Gasteiger partial charge in [-0.3, -0.25) is 19.1 Å². The number of aryl methyl sites for hydroxylation is 2. The molecule has 1 aliphatic rings. The fourth-order valence-electron chi connectivity index (χ4n) is 4.11. The number of fused-ring (bicyclic) bond motifs is 1. The molecule has 1 aliphatic heterocycles. The summed E-state index contributed by atoms with van der Waals surface area (Å²) in [7, 11) is 1.42. The first-order valence-corrected chi connectivity index (χ1v) is 12.2. The zero-order valence-corrected chi connectivity index (χ0v) is 21.4. The monoisotopic (exact) mass is 560 g/mol. The lowest BCUT2D eigenvalue weighted by Crippen LogP contribution is -2.43. The molecule has 0 spiro atoms. The molecule has 0 atom stereocenters. The highest BCUT2D eigenvalue weighted by Gasteiger charge is 2.33. The van der Waals surface area contributed by atoms with Crippen molar-refractivity contribution in [2.24, 2.45) is 7.05 Å². The number of allylic oxidation sites excluding steroid dienone is 2. The third-order valence-electron chi connectivity index (χ3n) is 6.10. The number of aromatic nitrogens is 6. The molecule has 0 aliphatic carbocycles. The van der Waals surface area contributed by atoms with E-state index < -0.39 is 28.9 Å². The van der Waals surface area contributed by atoms with Crippen molar-refractivity contribution in [2.75, 3.05) is 5.32 Å². The summed E-state index contributed by atoms with van der Waals surface area (Å²) < 4.78 is 43.7. The van der Waals surface area contributed by atoms with Crippen LogP contribution in [-0.4, -0.2) is 45.0 Å².